The minimum atomic E-state index is -0.781. The molecular formula is C17H26FNO3. The highest BCUT2D eigenvalue weighted by Crippen LogP contribution is 2.20. The van der Waals surface area contributed by atoms with E-state index in [1.807, 2.05) is 6.07 Å². The van der Waals surface area contributed by atoms with Gasteiger partial charge in [0.1, 0.15) is 0 Å². The van der Waals surface area contributed by atoms with Crippen molar-refractivity contribution in [3.05, 3.63) is 29.6 Å². The second-order valence-corrected chi connectivity index (χ2v) is 6.42. The first-order valence-electron chi connectivity index (χ1n) is 7.53. The third-order valence-electron chi connectivity index (χ3n) is 3.80. The lowest BCUT2D eigenvalue weighted by Gasteiger charge is -2.20. The maximum atomic E-state index is 13.6. The Balaban J connectivity index is 2.36. The van der Waals surface area contributed by atoms with Crippen LogP contribution in [-0.4, -0.2) is 31.3 Å². The van der Waals surface area contributed by atoms with Gasteiger partial charge in [0.05, 0.1) is 12.5 Å². The number of carboxylic acids is 1. The first-order chi connectivity index (χ1) is 10.3. The molecule has 2 N–H and O–H groups in total. The van der Waals surface area contributed by atoms with E-state index in [0.29, 0.717) is 18.9 Å². The number of hydrogen-bond acceptors (Lipinski definition) is 3. The molecule has 22 heavy (non-hydrogen) atoms. The third-order valence-corrected chi connectivity index (χ3v) is 3.80. The number of rotatable bonds is 9. The van der Waals surface area contributed by atoms with Crippen LogP contribution in [0.3, 0.4) is 0 Å². The van der Waals surface area contributed by atoms with Gasteiger partial charge in [-0.15, -0.1) is 0 Å². The molecule has 0 aliphatic carbocycles. The molecule has 0 radical (unpaired) electrons. The van der Waals surface area contributed by atoms with Crippen LogP contribution in [0, 0.1) is 17.2 Å². The summed E-state index contributed by atoms with van der Waals surface area (Å²) in [6.45, 7) is 6.95. The summed E-state index contributed by atoms with van der Waals surface area (Å²) in [5.41, 5.74) is 0.216. The lowest BCUT2D eigenvalue weighted by molar-refractivity contribution is -0.147. The molecule has 0 amide bonds. The average Bonchev–Trinajstić information content (AvgIpc) is 2.43. The molecule has 1 rings (SSSR count). The van der Waals surface area contributed by atoms with Gasteiger partial charge in [-0.2, -0.15) is 0 Å². The Morgan fingerprint density at radius 3 is 2.68 bits per heavy atom. The first-order valence-corrected chi connectivity index (χ1v) is 7.53. The SMILES string of the molecule is COc1ccc(CC(C)CNCCC(C)(C)C(=O)O)cc1F. The van der Waals surface area contributed by atoms with E-state index in [1.165, 1.54) is 13.2 Å². The summed E-state index contributed by atoms with van der Waals surface area (Å²) < 4.78 is 18.5. The van der Waals surface area contributed by atoms with E-state index < -0.39 is 11.4 Å². The van der Waals surface area contributed by atoms with Crippen molar-refractivity contribution in [2.75, 3.05) is 20.2 Å². The van der Waals surface area contributed by atoms with Gasteiger partial charge in [0.25, 0.3) is 0 Å². The van der Waals surface area contributed by atoms with Gasteiger partial charge in [-0.25, -0.2) is 4.39 Å². The topological polar surface area (TPSA) is 58.6 Å². The summed E-state index contributed by atoms with van der Waals surface area (Å²) in [4.78, 5) is 11.0. The van der Waals surface area contributed by atoms with Crippen molar-refractivity contribution in [1.29, 1.82) is 0 Å². The highest BCUT2D eigenvalue weighted by molar-refractivity contribution is 5.73. The normalized spacial score (nSPS) is 13.0. The van der Waals surface area contributed by atoms with Crippen LogP contribution in [0.5, 0.6) is 5.75 Å². The molecule has 0 saturated heterocycles. The van der Waals surface area contributed by atoms with Crippen molar-refractivity contribution in [2.45, 2.75) is 33.6 Å². The minimum Gasteiger partial charge on any atom is -0.494 e. The van der Waals surface area contributed by atoms with E-state index in [4.69, 9.17) is 9.84 Å². The molecule has 0 fully saturated rings. The first kappa shape index (κ1) is 18.4. The fraction of sp³-hybridized carbons (Fsp3) is 0.588. The second kappa shape index (κ2) is 8.13. The molecular weight excluding hydrogens is 285 g/mol. The molecule has 0 heterocycles. The number of benzene rings is 1. The number of ether oxygens (including phenoxy) is 1. The number of aliphatic carboxylic acids is 1. The van der Waals surface area contributed by atoms with Gasteiger partial charge in [-0.05, 0) is 63.4 Å². The summed E-state index contributed by atoms with van der Waals surface area (Å²) in [6, 6.07) is 5.01. The molecule has 0 aromatic heterocycles. The summed E-state index contributed by atoms with van der Waals surface area (Å²) >= 11 is 0. The van der Waals surface area contributed by atoms with Gasteiger partial charge in [0.15, 0.2) is 11.6 Å². The fourth-order valence-electron chi connectivity index (χ4n) is 2.17. The Morgan fingerprint density at radius 2 is 2.14 bits per heavy atom. The van der Waals surface area contributed by atoms with E-state index in [1.54, 1.807) is 19.9 Å². The molecule has 4 nitrogen and oxygen atoms in total. The number of hydrogen-bond donors (Lipinski definition) is 2. The van der Waals surface area contributed by atoms with Crippen molar-refractivity contribution in [3.8, 4) is 5.75 Å². The minimum absolute atomic E-state index is 0.255. The Kier molecular flexibility index (Phi) is 6.81. The van der Waals surface area contributed by atoms with E-state index in [9.17, 15) is 9.18 Å². The van der Waals surface area contributed by atoms with Crippen LogP contribution in [0.2, 0.25) is 0 Å². The summed E-state index contributed by atoms with van der Waals surface area (Å²) in [7, 11) is 1.45. The Hall–Kier alpha value is -1.62. The van der Waals surface area contributed by atoms with Gasteiger partial charge < -0.3 is 15.2 Å². The smallest absolute Gasteiger partial charge is 0.309 e. The van der Waals surface area contributed by atoms with Crippen LogP contribution < -0.4 is 10.1 Å². The van der Waals surface area contributed by atoms with Crippen molar-refractivity contribution in [1.82, 2.24) is 5.32 Å². The number of carbonyl (C=O) groups is 1. The lowest BCUT2D eigenvalue weighted by Crippen LogP contribution is -2.31. The molecule has 1 unspecified atom stereocenters. The second-order valence-electron chi connectivity index (χ2n) is 6.42. The van der Waals surface area contributed by atoms with Crippen LogP contribution in [-0.2, 0) is 11.2 Å². The van der Waals surface area contributed by atoms with Crippen molar-refractivity contribution < 1.29 is 19.0 Å². The molecule has 124 valence electrons. The summed E-state index contributed by atoms with van der Waals surface area (Å²) in [5, 5.41) is 12.3. The maximum Gasteiger partial charge on any atom is 0.309 e. The fourth-order valence-corrected chi connectivity index (χ4v) is 2.17. The lowest BCUT2D eigenvalue weighted by atomic mass is 9.89. The molecule has 0 bridgehead atoms. The van der Waals surface area contributed by atoms with Crippen molar-refractivity contribution in [2.24, 2.45) is 11.3 Å². The molecule has 0 saturated carbocycles. The molecule has 1 aromatic carbocycles. The maximum absolute atomic E-state index is 13.6. The average molecular weight is 311 g/mol. The molecule has 1 aromatic rings. The predicted octanol–water partition coefficient (Wildman–Crippen LogP) is 3.10. The standard InChI is InChI=1S/C17H26FNO3/c1-12(11-19-8-7-17(2,3)16(20)21)9-13-5-6-15(22-4)14(18)10-13/h5-6,10,12,19H,7-9,11H2,1-4H3,(H,20,21). The Morgan fingerprint density at radius 1 is 1.45 bits per heavy atom. The number of halogens is 1. The van der Waals surface area contributed by atoms with Crippen LogP contribution in [0.25, 0.3) is 0 Å². The van der Waals surface area contributed by atoms with E-state index in [0.717, 1.165) is 18.5 Å². The van der Waals surface area contributed by atoms with E-state index >= 15 is 0 Å². The molecule has 0 aliphatic heterocycles. The Labute approximate surface area is 131 Å². The predicted molar refractivity (Wildman–Crippen MR) is 84.7 cm³/mol. The van der Waals surface area contributed by atoms with Crippen LogP contribution in [0.1, 0.15) is 32.8 Å². The largest absolute Gasteiger partial charge is 0.494 e. The van der Waals surface area contributed by atoms with Gasteiger partial charge in [0.2, 0.25) is 0 Å². The summed E-state index contributed by atoms with van der Waals surface area (Å²) in [6.07, 6.45) is 1.34. The van der Waals surface area contributed by atoms with Gasteiger partial charge in [-0.3, -0.25) is 4.79 Å². The van der Waals surface area contributed by atoms with Crippen molar-refractivity contribution in [3.63, 3.8) is 0 Å². The number of carboxylic acid groups (broad SMARTS) is 1. The molecule has 0 spiro atoms. The molecule has 0 aliphatic rings. The Bertz CT molecular complexity index is 503. The molecule has 5 heteroatoms. The molecule has 1 atom stereocenters. The zero-order chi connectivity index (χ0) is 16.8. The number of methoxy groups -OCH3 is 1. The van der Waals surface area contributed by atoms with E-state index in [-0.39, 0.29) is 11.6 Å². The monoisotopic (exact) mass is 311 g/mol. The van der Waals surface area contributed by atoms with Crippen LogP contribution >= 0.6 is 0 Å². The van der Waals surface area contributed by atoms with Gasteiger partial charge in [0, 0.05) is 0 Å². The number of nitrogens with one attached hydrogen (secondary N) is 1. The quantitative estimate of drug-likeness (QED) is 0.688. The van der Waals surface area contributed by atoms with Crippen molar-refractivity contribution >= 4 is 5.97 Å². The summed E-state index contributed by atoms with van der Waals surface area (Å²) in [5.74, 6) is -0.536. The van der Waals surface area contributed by atoms with Crippen LogP contribution in [0.15, 0.2) is 18.2 Å². The van der Waals surface area contributed by atoms with Gasteiger partial charge in [-0.1, -0.05) is 13.0 Å². The van der Waals surface area contributed by atoms with Crippen LogP contribution in [0.4, 0.5) is 4.39 Å². The third kappa shape index (κ3) is 5.64. The highest BCUT2D eigenvalue weighted by Gasteiger charge is 2.26. The van der Waals surface area contributed by atoms with E-state index in [2.05, 4.69) is 12.2 Å². The highest BCUT2D eigenvalue weighted by atomic mass is 19.1. The zero-order valence-electron chi connectivity index (χ0n) is 13.8. The van der Waals surface area contributed by atoms with Gasteiger partial charge >= 0.3 is 5.97 Å². The zero-order valence-corrected chi connectivity index (χ0v) is 13.8.